The number of nitrogens with one attached hydrogen (secondary N) is 2. The summed E-state index contributed by atoms with van der Waals surface area (Å²) in [6.45, 7) is 8.33. The maximum absolute atomic E-state index is 4.72. The summed E-state index contributed by atoms with van der Waals surface area (Å²) >= 11 is 1.76. The van der Waals surface area contributed by atoms with E-state index in [-0.39, 0.29) is 0 Å². The lowest BCUT2D eigenvalue weighted by atomic mass is 9.87. The van der Waals surface area contributed by atoms with Crippen molar-refractivity contribution in [2.45, 2.75) is 65.3 Å². The minimum atomic E-state index is 0.583. The second-order valence-corrected chi connectivity index (χ2v) is 7.14. The summed E-state index contributed by atoms with van der Waals surface area (Å²) in [5.41, 5.74) is 1.17. The first-order chi connectivity index (χ1) is 10.7. The largest absolute Gasteiger partial charge is 0.357 e. The van der Waals surface area contributed by atoms with Crippen molar-refractivity contribution < 1.29 is 0 Å². The van der Waals surface area contributed by atoms with Crippen molar-refractivity contribution in [2.75, 3.05) is 13.1 Å². The van der Waals surface area contributed by atoms with Crippen LogP contribution < -0.4 is 10.6 Å². The van der Waals surface area contributed by atoms with Gasteiger partial charge in [-0.1, -0.05) is 13.8 Å². The predicted molar refractivity (Wildman–Crippen MR) is 95.7 cm³/mol. The van der Waals surface area contributed by atoms with Crippen LogP contribution in [0.4, 0.5) is 0 Å². The molecule has 1 fully saturated rings. The van der Waals surface area contributed by atoms with Crippen LogP contribution in [0.2, 0.25) is 0 Å². The molecule has 0 amide bonds. The number of rotatable bonds is 6. The Kier molecular flexibility index (Phi) is 7.16. The summed E-state index contributed by atoms with van der Waals surface area (Å²) in [5, 5.41) is 10.4. The van der Waals surface area contributed by atoms with Crippen LogP contribution in [0.15, 0.2) is 10.4 Å². The van der Waals surface area contributed by atoms with E-state index in [0.29, 0.717) is 6.04 Å². The Labute approximate surface area is 138 Å². The van der Waals surface area contributed by atoms with Gasteiger partial charge in [0.25, 0.3) is 0 Å². The second kappa shape index (κ2) is 9.13. The SMILES string of the molecule is CCNC(=NCCc1csc(CC)n1)NC1CCC(C)CC1. The molecule has 0 bridgehead atoms. The standard InChI is InChI=1S/C17H30N4S/c1-4-16-20-15(12-22-16)10-11-19-17(18-5-2)21-14-8-6-13(3)7-9-14/h12-14H,4-11H2,1-3H3,(H2,18,19,21). The normalized spacial score (nSPS) is 22.6. The summed E-state index contributed by atoms with van der Waals surface area (Å²) in [6, 6.07) is 0.583. The third-order valence-corrected chi connectivity index (χ3v) is 5.28. The fraction of sp³-hybridized carbons (Fsp3) is 0.765. The molecule has 5 heteroatoms. The molecule has 1 aromatic rings. The molecular formula is C17H30N4S. The number of hydrogen-bond acceptors (Lipinski definition) is 3. The van der Waals surface area contributed by atoms with Crippen molar-refractivity contribution in [1.29, 1.82) is 0 Å². The number of nitrogens with zero attached hydrogens (tertiary/aromatic N) is 2. The summed E-state index contributed by atoms with van der Waals surface area (Å²) in [6.07, 6.45) is 7.13. The lowest BCUT2D eigenvalue weighted by Gasteiger charge is -2.28. The van der Waals surface area contributed by atoms with Gasteiger partial charge in [-0.3, -0.25) is 4.99 Å². The highest BCUT2D eigenvalue weighted by Gasteiger charge is 2.18. The van der Waals surface area contributed by atoms with Crippen molar-refractivity contribution in [3.63, 3.8) is 0 Å². The summed E-state index contributed by atoms with van der Waals surface area (Å²) < 4.78 is 0. The van der Waals surface area contributed by atoms with Crippen LogP contribution in [0.3, 0.4) is 0 Å². The summed E-state index contributed by atoms with van der Waals surface area (Å²) in [4.78, 5) is 9.32. The second-order valence-electron chi connectivity index (χ2n) is 6.20. The van der Waals surface area contributed by atoms with Gasteiger partial charge in [0.05, 0.1) is 10.7 Å². The van der Waals surface area contributed by atoms with E-state index < -0.39 is 0 Å². The van der Waals surface area contributed by atoms with E-state index in [1.54, 1.807) is 11.3 Å². The third kappa shape index (κ3) is 5.59. The van der Waals surface area contributed by atoms with Crippen LogP contribution in [0, 0.1) is 5.92 Å². The van der Waals surface area contributed by atoms with E-state index in [4.69, 9.17) is 4.99 Å². The lowest BCUT2D eigenvalue weighted by molar-refractivity contribution is 0.329. The Hall–Kier alpha value is -1.10. The van der Waals surface area contributed by atoms with Crippen molar-refractivity contribution >= 4 is 17.3 Å². The molecule has 124 valence electrons. The monoisotopic (exact) mass is 322 g/mol. The van der Waals surface area contributed by atoms with Crippen LogP contribution in [0.25, 0.3) is 0 Å². The van der Waals surface area contributed by atoms with E-state index in [1.807, 2.05) is 0 Å². The Morgan fingerprint density at radius 3 is 2.73 bits per heavy atom. The lowest BCUT2D eigenvalue weighted by Crippen LogP contribution is -2.44. The molecule has 0 saturated heterocycles. The zero-order valence-corrected chi connectivity index (χ0v) is 15.0. The van der Waals surface area contributed by atoms with Gasteiger partial charge in [-0.25, -0.2) is 4.98 Å². The van der Waals surface area contributed by atoms with Gasteiger partial charge in [0.2, 0.25) is 0 Å². The predicted octanol–water partition coefficient (Wildman–Crippen LogP) is 3.38. The highest BCUT2D eigenvalue weighted by atomic mass is 32.1. The van der Waals surface area contributed by atoms with Crippen LogP contribution in [-0.2, 0) is 12.8 Å². The van der Waals surface area contributed by atoms with Gasteiger partial charge in [0.15, 0.2) is 5.96 Å². The zero-order valence-electron chi connectivity index (χ0n) is 14.2. The number of hydrogen-bond donors (Lipinski definition) is 2. The molecule has 0 unspecified atom stereocenters. The molecular weight excluding hydrogens is 292 g/mol. The van der Waals surface area contributed by atoms with Gasteiger partial charge in [0.1, 0.15) is 0 Å². The number of guanidine groups is 1. The van der Waals surface area contributed by atoms with Crippen molar-refractivity contribution in [1.82, 2.24) is 15.6 Å². The van der Waals surface area contributed by atoms with Crippen LogP contribution >= 0.6 is 11.3 Å². The van der Waals surface area contributed by atoms with Gasteiger partial charge in [-0.15, -0.1) is 11.3 Å². The molecule has 1 heterocycles. The minimum absolute atomic E-state index is 0.583. The quantitative estimate of drug-likeness (QED) is 0.623. The summed E-state index contributed by atoms with van der Waals surface area (Å²) in [5.74, 6) is 1.85. The highest BCUT2D eigenvalue weighted by molar-refractivity contribution is 7.09. The fourth-order valence-electron chi connectivity index (χ4n) is 2.83. The van der Waals surface area contributed by atoms with Crippen LogP contribution in [0.5, 0.6) is 0 Å². The Balaban J connectivity index is 1.81. The average Bonchev–Trinajstić information content (AvgIpc) is 2.98. The minimum Gasteiger partial charge on any atom is -0.357 e. The van der Waals surface area contributed by atoms with Crippen LogP contribution in [-0.4, -0.2) is 30.1 Å². The Morgan fingerprint density at radius 2 is 2.09 bits per heavy atom. The van der Waals surface area contributed by atoms with Gasteiger partial charge in [-0.2, -0.15) is 0 Å². The molecule has 0 atom stereocenters. The molecule has 22 heavy (non-hydrogen) atoms. The van der Waals surface area contributed by atoms with E-state index in [0.717, 1.165) is 37.8 Å². The van der Waals surface area contributed by atoms with Crippen molar-refractivity contribution in [2.24, 2.45) is 10.9 Å². The average molecular weight is 323 g/mol. The molecule has 2 rings (SSSR count). The fourth-order valence-corrected chi connectivity index (χ4v) is 3.61. The maximum atomic E-state index is 4.72. The molecule has 1 saturated carbocycles. The van der Waals surface area contributed by atoms with Crippen molar-refractivity contribution in [3.05, 3.63) is 16.1 Å². The van der Waals surface area contributed by atoms with Gasteiger partial charge in [-0.05, 0) is 44.9 Å². The Bertz CT molecular complexity index is 461. The molecule has 0 aromatic carbocycles. The van der Waals surface area contributed by atoms with Crippen LogP contribution in [0.1, 0.15) is 57.2 Å². The maximum Gasteiger partial charge on any atom is 0.191 e. The van der Waals surface area contributed by atoms with E-state index >= 15 is 0 Å². The molecule has 0 aliphatic heterocycles. The number of aromatic nitrogens is 1. The first-order valence-electron chi connectivity index (χ1n) is 8.69. The van der Waals surface area contributed by atoms with Gasteiger partial charge >= 0.3 is 0 Å². The Morgan fingerprint density at radius 1 is 1.32 bits per heavy atom. The van der Waals surface area contributed by atoms with E-state index in [1.165, 1.54) is 36.4 Å². The van der Waals surface area contributed by atoms with E-state index in [2.05, 4.69) is 41.8 Å². The molecule has 1 aliphatic rings. The molecule has 0 spiro atoms. The molecule has 2 N–H and O–H groups in total. The first kappa shape index (κ1) is 17.3. The molecule has 4 nitrogen and oxygen atoms in total. The zero-order chi connectivity index (χ0) is 15.8. The number of thiazole rings is 1. The number of aryl methyl sites for hydroxylation is 1. The molecule has 0 radical (unpaired) electrons. The van der Waals surface area contributed by atoms with Gasteiger partial charge < -0.3 is 10.6 Å². The van der Waals surface area contributed by atoms with E-state index in [9.17, 15) is 0 Å². The topological polar surface area (TPSA) is 49.3 Å². The highest BCUT2D eigenvalue weighted by Crippen LogP contribution is 2.23. The third-order valence-electron chi connectivity index (χ3n) is 4.24. The summed E-state index contributed by atoms with van der Waals surface area (Å²) in [7, 11) is 0. The molecule has 1 aromatic heterocycles. The molecule has 1 aliphatic carbocycles. The smallest absolute Gasteiger partial charge is 0.191 e. The number of aliphatic imine (C=N–C) groups is 1. The van der Waals surface area contributed by atoms with Gasteiger partial charge in [0, 0.05) is 30.9 Å². The first-order valence-corrected chi connectivity index (χ1v) is 9.57. The van der Waals surface area contributed by atoms with Crippen molar-refractivity contribution in [3.8, 4) is 0 Å².